The highest BCUT2D eigenvalue weighted by atomic mass is 19.1. The lowest BCUT2D eigenvalue weighted by atomic mass is 9.88. The number of amides is 4. The summed E-state index contributed by atoms with van der Waals surface area (Å²) in [5, 5.41) is 26.5. The fourth-order valence-corrected chi connectivity index (χ4v) is 6.40. The third-order valence-corrected chi connectivity index (χ3v) is 9.00. The molecule has 6 rings (SSSR count). The first-order valence-electron chi connectivity index (χ1n) is 16.6. The number of ether oxygens (including phenoxy) is 1. The number of hydrogen-bond donors (Lipinski definition) is 4. The second-order valence-corrected chi connectivity index (χ2v) is 12.5. The molecule has 4 N–H and O–H groups in total. The number of aliphatic carboxylic acids is 1. The molecule has 2 aromatic heterocycles. The SMILES string of the molecule is CC(=O)N1CCC(c2nn(CC(=O)NCC(=O)NCC(=O)O)c3c(NC(=O)OCc4ccccc4)ccc(-c4cc5c(cnn5C)cc4F)c23)CC1. The van der Waals surface area contributed by atoms with Crippen LogP contribution in [0.15, 0.2) is 60.8 Å². The number of halogens is 1. The van der Waals surface area contributed by atoms with Crippen LogP contribution in [0.2, 0.25) is 0 Å². The summed E-state index contributed by atoms with van der Waals surface area (Å²) in [7, 11) is 1.75. The van der Waals surface area contributed by atoms with Gasteiger partial charge in [-0.25, -0.2) is 9.18 Å². The summed E-state index contributed by atoms with van der Waals surface area (Å²) in [4.78, 5) is 63.3. The van der Waals surface area contributed by atoms with Crippen molar-refractivity contribution in [2.24, 2.45) is 7.05 Å². The summed E-state index contributed by atoms with van der Waals surface area (Å²) >= 11 is 0. The normalized spacial score (nSPS) is 13.2. The first kappa shape index (κ1) is 35.5. The van der Waals surface area contributed by atoms with Crippen LogP contribution in [0.1, 0.15) is 36.9 Å². The van der Waals surface area contributed by atoms with E-state index in [0.29, 0.717) is 59.0 Å². The van der Waals surface area contributed by atoms with Crippen LogP contribution in [0.25, 0.3) is 32.9 Å². The van der Waals surface area contributed by atoms with Crippen LogP contribution in [0.3, 0.4) is 0 Å². The Morgan fingerprint density at radius 2 is 1.69 bits per heavy atom. The van der Waals surface area contributed by atoms with Crippen LogP contribution >= 0.6 is 0 Å². The number of likely N-dealkylation sites (tertiary alicyclic amines) is 1. The average molecular weight is 713 g/mol. The van der Waals surface area contributed by atoms with Crippen molar-refractivity contribution in [1.29, 1.82) is 0 Å². The fourth-order valence-electron chi connectivity index (χ4n) is 6.40. The van der Waals surface area contributed by atoms with E-state index in [-0.39, 0.29) is 29.7 Å². The Kier molecular flexibility index (Phi) is 10.4. The standard InChI is InChI=1S/C36H37FN8O7/c1-21(46)44-12-10-23(11-13-44)34-33-25(26-15-29-24(14-27(26)37)16-40-43(29)2)8-9-28(41-36(51)52-20-22-6-4-3-5-7-22)35(33)45(42-34)19-31(48)38-17-30(47)39-18-32(49)50/h3-9,14-16,23H,10-13,17-20H2,1-2H3,(H,38,48)(H,39,47)(H,41,51)(H,49,50). The molecule has 3 heterocycles. The number of piperidine rings is 1. The number of hydrogen-bond acceptors (Lipinski definition) is 8. The maximum atomic E-state index is 16.0. The molecule has 16 heteroatoms. The molecular formula is C36H37FN8O7. The minimum absolute atomic E-state index is 0.00456. The van der Waals surface area contributed by atoms with Gasteiger partial charge >= 0.3 is 12.1 Å². The highest BCUT2D eigenvalue weighted by molar-refractivity contribution is 6.07. The molecule has 0 bridgehead atoms. The first-order chi connectivity index (χ1) is 25.0. The molecule has 1 saturated heterocycles. The van der Waals surface area contributed by atoms with E-state index in [1.54, 1.807) is 41.0 Å². The highest BCUT2D eigenvalue weighted by Gasteiger charge is 2.30. The van der Waals surface area contributed by atoms with Gasteiger partial charge in [-0.3, -0.25) is 33.9 Å². The van der Waals surface area contributed by atoms with Crippen LogP contribution in [-0.2, 0) is 44.1 Å². The van der Waals surface area contributed by atoms with E-state index >= 15 is 4.39 Å². The van der Waals surface area contributed by atoms with Crippen LogP contribution in [0.4, 0.5) is 14.9 Å². The van der Waals surface area contributed by atoms with E-state index in [2.05, 4.69) is 21.0 Å². The third-order valence-electron chi connectivity index (χ3n) is 9.00. The van der Waals surface area contributed by atoms with Gasteiger partial charge in [0.15, 0.2) is 0 Å². The number of rotatable bonds is 11. The lowest BCUT2D eigenvalue weighted by Gasteiger charge is -2.30. The molecule has 3 aromatic carbocycles. The number of benzene rings is 3. The number of carbonyl (C=O) groups is 5. The predicted octanol–water partition coefficient (Wildman–Crippen LogP) is 3.52. The Morgan fingerprint density at radius 1 is 0.962 bits per heavy atom. The second kappa shape index (κ2) is 15.3. The number of aryl methyl sites for hydroxylation is 1. The zero-order valence-corrected chi connectivity index (χ0v) is 28.5. The third kappa shape index (κ3) is 7.85. The van der Waals surface area contributed by atoms with Crippen molar-refractivity contribution in [3.63, 3.8) is 0 Å². The summed E-state index contributed by atoms with van der Waals surface area (Å²) in [6.07, 6.45) is 1.88. The highest BCUT2D eigenvalue weighted by Crippen LogP contribution is 2.42. The molecule has 1 aliphatic heterocycles. The Balaban J connectivity index is 1.44. The Hall–Kier alpha value is -6.32. The van der Waals surface area contributed by atoms with E-state index in [0.717, 1.165) is 5.56 Å². The van der Waals surface area contributed by atoms with Crippen LogP contribution in [0, 0.1) is 5.82 Å². The molecule has 15 nitrogen and oxygen atoms in total. The van der Waals surface area contributed by atoms with Crippen LogP contribution < -0.4 is 16.0 Å². The smallest absolute Gasteiger partial charge is 0.412 e. The van der Waals surface area contributed by atoms with E-state index in [9.17, 15) is 24.0 Å². The number of nitrogens with one attached hydrogen (secondary N) is 3. The Morgan fingerprint density at radius 3 is 2.40 bits per heavy atom. The molecule has 5 aromatic rings. The molecule has 52 heavy (non-hydrogen) atoms. The number of anilines is 1. The summed E-state index contributed by atoms with van der Waals surface area (Å²) in [6.45, 7) is 0.937. The molecule has 1 fully saturated rings. The number of nitrogens with zero attached hydrogens (tertiary/aromatic N) is 5. The van der Waals surface area contributed by atoms with Gasteiger partial charge < -0.3 is 25.4 Å². The van der Waals surface area contributed by atoms with Gasteiger partial charge in [-0.1, -0.05) is 36.4 Å². The predicted molar refractivity (Wildman–Crippen MR) is 188 cm³/mol. The molecule has 1 aliphatic rings. The van der Waals surface area contributed by atoms with Crippen LogP contribution in [-0.4, -0.2) is 85.5 Å². The lowest BCUT2D eigenvalue weighted by molar-refractivity contribution is -0.137. The molecule has 4 amide bonds. The summed E-state index contributed by atoms with van der Waals surface area (Å²) < 4.78 is 24.5. The lowest BCUT2D eigenvalue weighted by Crippen LogP contribution is -2.40. The number of aromatic nitrogens is 4. The number of fused-ring (bicyclic) bond motifs is 2. The van der Waals surface area contributed by atoms with Crippen molar-refractivity contribution in [3.8, 4) is 11.1 Å². The van der Waals surface area contributed by atoms with Crippen molar-refractivity contribution in [2.45, 2.75) is 38.8 Å². The van der Waals surface area contributed by atoms with Gasteiger partial charge in [0.1, 0.15) is 25.5 Å². The molecule has 0 aliphatic carbocycles. The van der Waals surface area contributed by atoms with E-state index in [1.807, 2.05) is 30.3 Å². The number of carbonyl (C=O) groups excluding carboxylic acids is 4. The molecule has 270 valence electrons. The summed E-state index contributed by atoms with van der Waals surface area (Å²) in [5.74, 6) is -3.33. The zero-order chi connectivity index (χ0) is 36.9. The van der Waals surface area contributed by atoms with Crippen molar-refractivity contribution >= 4 is 57.3 Å². The maximum Gasteiger partial charge on any atom is 0.412 e. The van der Waals surface area contributed by atoms with Gasteiger partial charge in [0.2, 0.25) is 17.7 Å². The minimum Gasteiger partial charge on any atom is -0.480 e. The molecule has 0 atom stereocenters. The van der Waals surface area contributed by atoms with Crippen molar-refractivity contribution < 1.29 is 38.2 Å². The summed E-state index contributed by atoms with van der Waals surface area (Å²) in [6, 6.07) is 15.5. The molecular weight excluding hydrogens is 675 g/mol. The van der Waals surface area contributed by atoms with E-state index in [1.165, 1.54) is 17.7 Å². The fraction of sp³-hybridized carbons (Fsp3) is 0.306. The van der Waals surface area contributed by atoms with Gasteiger partial charge in [-0.15, -0.1) is 0 Å². The van der Waals surface area contributed by atoms with Gasteiger partial charge in [0, 0.05) is 49.3 Å². The first-order valence-corrected chi connectivity index (χ1v) is 16.6. The van der Waals surface area contributed by atoms with E-state index < -0.39 is 49.3 Å². The van der Waals surface area contributed by atoms with Gasteiger partial charge in [0.25, 0.3) is 0 Å². The molecule has 0 saturated carbocycles. The summed E-state index contributed by atoms with van der Waals surface area (Å²) in [5.41, 5.74) is 3.27. The minimum atomic E-state index is -1.23. The number of carboxylic acid groups (broad SMARTS) is 1. The van der Waals surface area contributed by atoms with Crippen molar-refractivity contribution in [2.75, 3.05) is 31.5 Å². The molecule has 0 spiro atoms. The largest absolute Gasteiger partial charge is 0.480 e. The topological polar surface area (TPSA) is 190 Å². The Labute approximate surface area is 296 Å². The monoisotopic (exact) mass is 712 g/mol. The van der Waals surface area contributed by atoms with Gasteiger partial charge in [0.05, 0.1) is 35.2 Å². The average Bonchev–Trinajstić information content (AvgIpc) is 3.69. The van der Waals surface area contributed by atoms with Crippen LogP contribution in [0.5, 0.6) is 0 Å². The van der Waals surface area contributed by atoms with Gasteiger partial charge in [-0.05, 0) is 42.2 Å². The quantitative estimate of drug-likeness (QED) is 0.159. The van der Waals surface area contributed by atoms with Crippen molar-refractivity contribution in [3.05, 3.63) is 77.9 Å². The second-order valence-electron chi connectivity index (χ2n) is 12.5. The van der Waals surface area contributed by atoms with Gasteiger partial charge in [-0.2, -0.15) is 10.2 Å². The maximum absolute atomic E-state index is 16.0. The number of carboxylic acids is 1. The zero-order valence-electron chi connectivity index (χ0n) is 28.5. The molecule has 0 unspecified atom stereocenters. The molecule has 0 radical (unpaired) electrons. The van der Waals surface area contributed by atoms with Crippen molar-refractivity contribution in [1.82, 2.24) is 35.1 Å². The Bertz CT molecular complexity index is 2170. The van der Waals surface area contributed by atoms with E-state index in [4.69, 9.17) is 14.9 Å².